The molecule has 1 fully saturated rings. The van der Waals surface area contributed by atoms with Crippen molar-refractivity contribution in [1.29, 1.82) is 0 Å². The van der Waals surface area contributed by atoms with Crippen LogP contribution in [0.3, 0.4) is 0 Å². The minimum absolute atomic E-state index is 0.487. The Morgan fingerprint density at radius 3 is 1.33 bits per heavy atom. The van der Waals surface area contributed by atoms with Gasteiger partial charge in [-0.05, 0) is 76.6 Å². The molecular weight excluding hydrogens is 824 g/mol. The second kappa shape index (κ2) is 40.9. The lowest BCUT2D eigenvalue weighted by atomic mass is 10.2. The Labute approximate surface area is 384 Å². The van der Waals surface area contributed by atoms with Gasteiger partial charge in [0.25, 0.3) is 0 Å². The van der Waals surface area contributed by atoms with Gasteiger partial charge in [-0.1, -0.05) is 135 Å². The Kier molecular flexibility index (Phi) is 37.9. The fourth-order valence-corrected chi connectivity index (χ4v) is 4.18. The van der Waals surface area contributed by atoms with Gasteiger partial charge >= 0.3 is 12.3 Å². The molecule has 1 aliphatic rings. The topological polar surface area (TPSA) is 161 Å². The number of ether oxygens (including phenoxy) is 4. The van der Waals surface area contributed by atoms with Crippen LogP contribution >= 0.6 is 0 Å². The minimum Gasteiger partial charge on any atom is -0.428 e. The van der Waals surface area contributed by atoms with Crippen LogP contribution in [0.15, 0.2) is 121 Å². The maximum atomic E-state index is 11.0. The van der Waals surface area contributed by atoms with Gasteiger partial charge in [0.05, 0.1) is 35.0 Å². The first-order chi connectivity index (χ1) is 31.0. The van der Waals surface area contributed by atoms with Crippen molar-refractivity contribution in [2.24, 2.45) is 5.90 Å². The summed E-state index contributed by atoms with van der Waals surface area (Å²) < 4.78 is 34.2. The number of hydrogen-bond donors (Lipinski definition) is 3. The average Bonchev–Trinajstić information content (AvgIpc) is 3.87. The lowest BCUT2D eigenvalue weighted by molar-refractivity contribution is -0.147. The molecule has 4 aromatic carbocycles. The van der Waals surface area contributed by atoms with Crippen LogP contribution < -0.4 is 16.9 Å². The summed E-state index contributed by atoms with van der Waals surface area (Å²) in [7, 11) is 2.69. The van der Waals surface area contributed by atoms with Gasteiger partial charge in [-0.15, -0.1) is 0 Å². The molecule has 0 amide bonds. The molecular formula is C49H77FN4O10. The van der Waals surface area contributed by atoms with E-state index in [-0.39, 0.29) is 0 Å². The molecule has 4 N–H and O–H groups in total. The quantitative estimate of drug-likeness (QED) is 0.0503. The number of hydrogen-bond acceptors (Lipinski definition) is 14. The van der Waals surface area contributed by atoms with Gasteiger partial charge in [-0.25, -0.2) is 26.4 Å². The molecule has 64 heavy (non-hydrogen) atoms. The first kappa shape index (κ1) is 59.2. The summed E-state index contributed by atoms with van der Waals surface area (Å²) in [5.74, 6) is 4.86. The molecule has 15 heteroatoms. The average molecular weight is 902 g/mol. The molecule has 1 aliphatic heterocycles. The van der Waals surface area contributed by atoms with Crippen LogP contribution in [-0.2, 0) is 64.7 Å². The Balaban J connectivity index is 0. The molecule has 0 unspecified atom stereocenters. The normalized spacial score (nSPS) is 11.5. The van der Waals surface area contributed by atoms with Gasteiger partial charge in [0.15, 0.2) is 0 Å². The van der Waals surface area contributed by atoms with Crippen LogP contribution in [0.4, 0.5) is 14.0 Å². The Bertz CT molecular complexity index is 1600. The summed E-state index contributed by atoms with van der Waals surface area (Å²) in [6.07, 6.45) is 0.438. The summed E-state index contributed by atoms with van der Waals surface area (Å²) in [5.41, 5.74) is 8.69. The number of alkyl halides is 1. The van der Waals surface area contributed by atoms with Gasteiger partial charge < -0.3 is 18.9 Å². The van der Waals surface area contributed by atoms with Gasteiger partial charge in [0.1, 0.15) is 11.2 Å². The van der Waals surface area contributed by atoms with Crippen molar-refractivity contribution in [3.8, 4) is 0 Å². The number of rotatable bonds is 13. The van der Waals surface area contributed by atoms with E-state index in [1.165, 1.54) is 29.5 Å². The monoisotopic (exact) mass is 902 g/mol. The van der Waals surface area contributed by atoms with Crippen molar-refractivity contribution in [2.45, 2.75) is 106 Å². The van der Waals surface area contributed by atoms with Gasteiger partial charge in [-0.2, -0.15) is 5.06 Å². The maximum absolute atomic E-state index is 11.0. The molecule has 0 saturated carbocycles. The Hall–Kier alpha value is -4.81. The van der Waals surface area contributed by atoms with Crippen molar-refractivity contribution in [3.63, 3.8) is 0 Å². The van der Waals surface area contributed by atoms with Crippen LogP contribution in [0.25, 0.3) is 0 Å². The molecule has 0 aliphatic carbocycles. The first-order valence-corrected chi connectivity index (χ1v) is 21.0. The highest BCUT2D eigenvalue weighted by molar-refractivity contribution is 5.77. The second-order valence-corrected chi connectivity index (χ2v) is 15.1. The second-order valence-electron chi connectivity index (χ2n) is 15.1. The molecule has 5 rings (SSSR count). The Morgan fingerprint density at radius 1 is 0.672 bits per heavy atom. The van der Waals surface area contributed by atoms with E-state index in [0.717, 1.165) is 31.9 Å². The van der Waals surface area contributed by atoms with E-state index in [1.807, 2.05) is 128 Å². The standard InChI is InChI=1S/C10H15NO.C10H18O5.C9H13NO.C8H11NO.C7H9NO.C4H8O.CH3F/c1-3-11(2)12-9-10-7-5-4-6-8-10;1-9(2,3)14-7(11)13-8(12)15-10(4,5)6;1-2-10-11-8-9-6-4-3-5-7-9;1-9-10-7-8-5-3-2-4-6-8;8-9-6-7-4-2-1-3-5-7;1-2-4-5-3-1;1-2/h4-8H,3,9H2,1-2H3;1-6H3;3-7,10H,2,8H2,1H3;2-6,9H,7H2,1H3;1-5H,6,8H2;1-4H2;1H3/i;;;;;;1D. The van der Waals surface area contributed by atoms with Crippen molar-refractivity contribution in [3.05, 3.63) is 144 Å². The molecule has 0 spiro atoms. The van der Waals surface area contributed by atoms with Crippen LogP contribution in [0.2, 0.25) is 0 Å². The number of carbonyl (C=O) groups excluding carboxylic acids is 2. The molecule has 14 nitrogen and oxygen atoms in total. The van der Waals surface area contributed by atoms with E-state index >= 15 is 0 Å². The molecule has 0 bridgehead atoms. The van der Waals surface area contributed by atoms with E-state index in [2.05, 4.69) is 39.6 Å². The van der Waals surface area contributed by atoms with Crippen molar-refractivity contribution < 1.29 is 53.6 Å². The van der Waals surface area contributed by atoms with E-state index in [1.54, 1.807) is 48.6 Å². The van der Waals surface area contributed by atoms with Crippen LogP contribution in [-0.4, -0.2) is 76.1 Å². The van der Waals surface area contributed by atoms with E-state index in [0.29, 0.717) is 26.4 Å². The summed E-state index contributed by atoms with van der Waals surface area (Å²) >= 11 is 0. The molecule has 1 heterocycles. The van der Waals surface area contributed by atoms with Crippen LogP contribution in [0.1, 0.15) is 91.9 Å². The van der Waals surface area contributed by atoms with Crippen LogP contribution in [0.5, 0.6) is 0 Å². The number of hydroxylamine groups is 4. The van der Waals surface area contributed by atoms with E-state index in [9.17, 15) is 14.0 Å². The van der Waals surface area contributed by atoms with Crippen molar-refractivity contribution >= 4 is 12.3 Å². The number of nitrogens with zero attached hydrogens (tertiary/aromatic N) is 1. The van der Waals surface area contributed by atoms with Crippen LogP contribution in [0, 0.1) is 0 Å². The number of carbonyl (C=O) groups is 2. The lowest BCUT2D eigenvalue weighted by Crippen LogP contribution is -2.29. The minimum atomic E-state index is -1.06. The zero-order valence-electron chi connectivity index (χ0n) is 40.8. The summed E-state index contributed by atoms with van der Waals surface area (Å²) in [4.78, 5) is 41.9. The predicted molar refractivity (Wildman–Crippen MR) is 251 cm³/mol. The smallest absolute Gasteiger partial charge is 0.428 e. The fourth-order valence-electron chi connectivity index (χ4n) is 4.18. The fraction of sp³-hybridized carbons (Fsp3) is 0.469. The maximum Gasteiger partial charge on any atom is 0.519 e. The first-order valence-electron chi connectivity index (χ1n) is 21.8. The number of benzene rings is 4. The third kappa shape index (κ3) is 42.5. The summed E-state index contributed by atoms with van der Waals surface area (Å²) in [5, 5.41) is 1.83. The molecule has 0 aromatic heterocycles. The zero-order chi connectivity index (χ0) is 49.0. The van der Waals surface area contributed by atoms with Crippen molar-refractivity contribution in [2.75, 3.05) is 47.6 Å². The molecule has 1 saturated heterocycles. The van der Waals surface area contributed by atoms with E-state index < -0.39 is 30.7 Å². The summed E-state index contributed by atoms with van der Waals surface area (Å²) in [6.45, 7) is 20.2. The molecule has 360 valence electrons. The highest BCUT2D eigenvalue weighted by Crippen LogP contribution is 2.12. The van der Waals surface area contributed by atoms with Gasteiger partial charge in [-0.3, -0.25) is 23.7 Å². The van der Waals surface area contributed by atoms with Gasteiger partial charge in [0.2, 0.25) is 0 Å². The highest BCUT2D eigenvalue weighted by atomic mass is 19.1. The highest BCUT2D eigenvalue weighted by Gasteiger charge is 2.24. The third-order valence-electron chi connectivity index (χ3n) is 7.16. The zero-order valence-corrected chi connectivity index (χ0v) is 39.8. The SMILES string of the molecule is C1CCOC1.CC(C)(C)OC(=O)OC(=O)OC(C)(C)C.CCN(C)OCc1ccccc1.CCNOCc1ccccc1.CNOCc1ccccc1.NOCc1ccccc1.[2H]CF. The van der Waals surface area contributed by atoms with Gasteiger partial charge in [0, 0.05) is 40.4 Å². The molecule has 0 radical (unpaired) electrons. The van der Waals surface area contributed by atoms with Crippen molar-refractivity contribution in [1.82, 2.24) is 16.0 Å². The predicted octanol–water partition coefficient (Wildman–Crippen LogP) is 10.5. The third-order valence-corrected chi connectivity index (χ3v) is 7.16. The Morgan fingerprint density at radius 2 is 1.03 bits per heavy atom. The van der Waals surface area contributed by atoms with E-state index in [4.69, 9.17) is 36.0 Å². The molecule has 4 aromatic rings. The summed E-state index contributed by atoms with van der Waals surface area (Å²) in [6, 6.07) is 40.1. The number of halogens is 1. The lowest BCUT2D eigenvalue weighted by Gasteiger charge is -2.20. The molecule has 0 atom stereocenters. The number of nitrogens with one attached hydrogen (secondary N) is 2. The largest absolute Gasteiger partial charge is 0.519 e. The number of nitrogens with two attached hydrogens (primary N) is 1.